The molecule has 0 unspecified atom stereocenters. The topological polar surface area (TPSA) is 114 Å². The molecule has 8 nitrogen and oxygen atoms in total. The minimum atomic E-state index is -1.19. The summed E-state index contributed by atoms with van der Waals surface area (Å²) in [5, 5.41) is 24.3. The van der Waals surface area contributed by atoms with Crippen LogP contribution in [0.5, 0.6) is 0 Å². The summed E-state index contributed by atoms with van der Waals surface area (Å²) in [6.45, 7) is 0. The molecule has 0 aliphatic carbocycles. The molecule has 31 heavy (non-hydrogen) atoms. The van der Waals surface area contributed by atoms with E-state index in [0.717, 1.165) is 10.3 Å². The van der Waals surface area contributed by atoms with Crippen LogP contribution in [0.15, 0.2) is 71.0 Å². The third-order valence-electron chi connectivity index (χ3n) is 4.96. The van der Waals surface area contributed by atoms with Crippen molar-refractivity contribution in [1.29, 1.82) is 0 Å². The number of aromatic nitrogens is 1. The van der Waals surface area contributed by atoms with Crippen LogP contribution in [0.25, 0.3) is 0 Å². The quantitative estimate of drug-likeness (QED) is 0.280. The van der Waals surface area contributed by atoms with Gasteiger partial charge in [-0.05, 0) is 17.2 Å². The Kier molecular flexibility index (Phi) is 6.19. The standard InChI is InChI=1S/C21H19N3O5S2/c25-15(10-13-6-2-1-3-7-13)22-17-19(26)24-18(21(27)28)14(12-31-20(17)24)11-30-16-8-4-5-9-23(16)29/h1-9,17,20H,10-12H2,(H,22,25)(H,27,28)/t17-,20-/m1/s1. The predicted molar refractivity (Wildman–Crippen MR) is 116 cm³/mol. The van der Waals surface area contributed by atoms with Gasteiger partial charge >= 0.3 is 5.97 Å². The zero-order valence-electron chi connectivity index (χ0n) is 16.3. The molecule has 2 aromatic rings. The first kappa shape index (κ1) is 21.3. The van der Waals surface area contributed by atoms with Crippen molar-refractivity contribution in [2.75, 3.05) is 11.5 Å². The summed E-state index contributed by atoms with van der Waals surface area (Å²) in [7, 11) is 0. The Bertz CT molecular complexity index is 1060. The van der Waals surface area contributed by atoms with E-state index in [0.29, 0.717) is 16.4 Å². The number of carbonyl (C=O) groups excluding carboxylic acids is 2. The third kappa shape index (κ3) is 4.40. The van der Waals surface area contributed by atoms with Gasteiger partial charge in [0.05, 0.1) is 6.42 Å². The van der Waals surface area contributed by atoms with Crippen LogP contribution in [0.1, 0.15) is 5.56 Å². The Morgan fingerprint density at radius 3 is 2.68 bits per heavy atom. The van der Waals surface area contributed by atoms with Crippen LogP contribution in [0.4, 0.5) is 0 Å². The molecule has 0 radical (unpaired) electrons. The van der Waals surface area contributed by atoms with E-state index >= 15 is 0 Å². The van der Waals surface area contributed by atoms with Crippen molar-refractivity contribution in [2.24, 2.45) is 0 Å². The number of fused-ring (bicyclic) bond motifs is 1. The van der Waals surface area contributed by atoms with Crippen LogP contribution in [0.2, 0.25) is 0 Å². The molecule has 4 rings (SSSR count). The van der Waals surface area contributed by atoms with E-state index in [1.165, 1.54) is 34.6 Å². The first-order valence-electron chi connectivity index (χ1n) is 9.50. The SMILES string of the molecule is O=C(Cc1ccccc1)N[C@@H]1C(=O)N2C(C(=O)O)=C(CSc3cccc[n+]3[O-])CS[C@H]12. The molecule has 1 aromatic carbocycles. The predicted octanol–water partition coefficient (Wildman–Crippen LogP) is 1.39. The second-order valence-corrected chi connectivity index (χ2v) is 9.13. The summed E-state index contributed by atoms with van der Waals surface area (Å²) in [4.78, 5) is 38.2. The number of β-lactam (4-membered cyclic amide) rings is 1. The van der Waals surface area contributed by atoms with Gasteiger partial charge in [0.15, 0.2) is 6.20 Å². The monoisotopic (exact) mass is 457 g/mol. The Morgan fingerprint density at radius 2 is 1.97 bits per heavy atom. The van der Waals surface area contributed by atoms with E-state index in [-0.39, 0.29) is 23.8 Å². The van der Waals surface area contributed by atoms with E-state index in [9.17, 15) is 24.7 Å². The summed E-state index contributed by atoms with van der Waals surface area (Å²) < 4.78 is 0.720. The zero-order chi connectivity index (χ0) is 22.0. The Morgan fingerprint density at radius 1 is 1.23 bits per heavy atom. The number of pyridine rings is 1. The molecule has 2 aliphatic heterocycles. The van der Waals surface area contributed by atoms with E-state index in [1.807, 2.05) is 30.3 Å². The third-order valence-corrected chi connectivity index (χ3v) is 7.40. The van der Waals surface area contributed by atoms with Crippen molar-refractivity contribution in [3.05, 3.63) is 76.8 Å². The first-order valence-corrected chi connectivity index (χ1v) is 11.5. The van der Waals surface area contributed by atoms with Crippen LogP contribution >= 0.6 is 23.5 Å². The van der Waals surface area contributed by atoms with Gasteiger partial charge in [-0.2, -0.15) is 4.73 Å². The second-order valence-electron chi connectivity index (χ2n) is 7.03. The Hall–Kier alpha value is -2.98. The van der Waals surface area contributed by atoms with Gasteiger partial charge in [-0.1, -0.05) is 42.1 Å². The molecule has 2 aliphatic rings. The lowest BCUT2D eigenvalue weighted by atomic mass is 10.0. The number of thioether (sulfide) groups is 2. The van der Waals surface area contributed by atoms with E-state index in [2.05, 4.69) is 5.32 Å². The van der Waals surface area contributed by atoms with Crippen LogP contribution in [0, 0.1) is 5.21 Å². The highest BCUT2D eigenvalue weighted by Gasteiger charge is 2.54. The molecule has 160 valence electrons. The molecule has 2 N–H and O–H groups in total. The number of amides is 2. The fourth-order valence-corrected chi connectivity index (χ4v) is 5.88. The summed E-state index contributed by atoms with van der Waals surface area (Å²) in [6.07, 6.45) is 1.53. The maximum absolute atomic E-state index is 12.7. The van der Waals surface area contributed by atoms with Crippen molar-refractivity contribution in [3.63, 3.8) is 0 Å². The average molecular weight is 458 g/mol. The number of hydrogen-bond acceptors (Lipinski definition) is 6. The molecule has 3 heterocycles. The molecular formula is C21H19N3O5S2. The molecule has 0 bridgehead atoms. The van der Waals surface area contributed by atoms with Crippen LogP contribution in [-0.2, 0) is 20.8 Å². The zero-order valence-corrected chi connectivity index (χ0v) is 17.9. The van der Waals surface area contributed by atoms with E-state index < -0.39 is 23.3 Å². The lowest BCUT2D eigenvalue weighted by Crippen LogP contribution is -2.70. The normalized spacial score (nSPS) is 20.1. The molecule has 1 saturated heterocycles. The maximum atomic E-state index is 12.7. The van der Waals surface area contributed by atoms with Crippen LogP contribution in [0.3, 0.4) is 0 Å². The van der Waals surface area contributed by atoms with Gasteiger partial charge in [-0.3, -0.25) is 14.5 Å². The minimum absolute atomic E-state index is 0.0526. The van der Waals surface area contributed by atoms with Gasteiger partial charge in [0, 0.05) is 23.6 Å². The molecule has 0 saturated carbocycles. The first-order chi connectivity index (χ1) is 15.0. The number of aliphatic carboxylic acids is 1. The molecule has 2 atom stereocenters. The summed E-state index contributed by atoms with van der Waals surface area (Å²) in [5.41, 5.74) is 1.36. The number of nitrogens with zero attached hydrogens (tertiary/aromatic N) is 2. The van der Waals surface area contributed by atoms with Gasteiger partial charge in [0.1, 0.15) is 17.1 Å². The van der Waals surface area contributed by atoms with Crippen molar-refractivity contribution >= 4 is 41.3 Å². The highest BCUT2D eigenvalue weighted by atomic mass is 32.2. The molecule has 1 fully saturated rings. The van der Waals surface area contributed by atoms with Crippen LogP contribution < -0.4 is 10.0 Å². The van der Waals surface area contributed by atoms with Gasteiger partial charge in [-0.15, -0.1) is 11.8 Å². The molecular weight excluding hydrogens is 438 g/mol. The Labute approximate surface area is 186 Å². The number of carboxylic acid groups (broad SMARTS) is 1. The molecule has 2 amide bonds. The number of carboxylic acids is 1. The highest BCUT2D eigenvalue weighted by molar-refractivity contribution is 8.01. The number of hydrogen-bond donors (Lipinski definition) is 2. The second kappa shape index (κ2) is 9.03. The maximum Gasteiger partial charge on any atom is 0.352 e. The van der Waals surface area contributed by atoms with Crippen molar-refractivity contribution < 1.29 is 24.2 Å². The smallest absolute Gasteiger partial charge is 0.352 e. The fraction of sp³-hybridized carbons (Fsp3) is 0.238. The summed E-state index contributed by atoms with van der Waals surface area (Å²) >= 11 is 2.64. The fourth-order valence-electron chi connectivity index (χ4n) is 3.49. The van der Waals surface area contributed by atoms with Gasteiger partial charge in [-0.25, -0.2) is 4.79 Å². The highest BCUT2D eigenvalue weighted by Crippen LogP contribution is 2.41. The number of rotatable bonds is 7. The molecule has 10 heteroatoms. The van der Waals surface area contributed by atoms with Gasteiger partial charge in [0.25, 0.3) is 10.9 Å². The van der Waals surface area contributed by atoms with Gasteiger partial charge in [0.2, 0.25) is 5.91 Å². The minimum Gasteiger partial charge on any atom is -0.618 e. The van der Waals surface area contributed by atoms with E-state index in [4.69, 9.17) is 0 Å². The van der Waals surface area contributed by atoms with Crippen molar-refractivity contribution in [1.82, 2.24) is 10.2 Å². The van der Waals surface area contributed by atoms with Gasteiger partial charge < -0.3 is 15.6 Å². The van der Waals surface area contributed by atoms with Crippen LogP contribution in [-0.4, -0.2) is 50.7 Å². The Balaban J connectivity index is 1.44. The summed E-state index contributed by atoms with van der Waals surface area (Å²) in [5.74, 6) is -1.22. The van der Waals surface area contributed by atoms with Crippen molar-refractivity contribution in [2.45, 2.75) is 22.9 Å². The molecule has 0 spiro atoms. The number of benzene rings is 1. The molecule has 1 aromatic heterocycles. The van der Waals surface area contributed by atoms with Crippen molar-refractivity contribution in [3.8, 4) is 0 Å². The lowest BCUT2D eigenvalue weighted by Gasteiger charge is -2.49. The van der Waals surface area contributed by atoms with E-state index in [1.54, 1.807) is 18.2 Å². The largest absolute Gasteiger partial charge is 0.618 e. The lowest BCUT2D eigenvalue weighted by molar-refractivity contribution is -0.645. The average Bonchev–Trinajstić information content (AvgIpc) is 2.76. The number of nitrogens with one attached hydrogen (secondary N) is 1. The summed E-state index contributed by atoms with van der Waals surface area (Å²) in [6, 6.07) is 13.5. The number of carbonyl (C=O) groups is 3.